The van der Waals surface area contributed by atoms with Crippen molar-refractivity contribution in [2.24, 2.45) is 0 Å². The van der Waals surface area contributed by atoms with Gasteiger partial charge >= 0.3 is 0 Å². The van der Waals surface area contributed by atoms with Gasteiger partial charge in [0, 0.05) is 25.1 Å². The Morgan fingerprint density at radius 2 is 2.20 bits per heavy atom. The van der Waals surface area contributed by atoms with Crippen LogP contribution in [0.1, 0.15) is 5.69 Å². The Morgan fingerprint density at radius 1 is 1.40 bits per heavy atom. The van der Waals surface area contributed by atoms with Crippen LogP contribution in [0.25, 0.3) is 0 Å². The van der Waals surface area contributed by atoms with E-state index < -0.39 is 14.9 Å². The van der Waals surface area contributed by atoms with E-state index in [4.69, 9.17) is 4.42 Å². The lowest BCUT2D eigenvalue weighted by Crippen LogP contribution is -2.26. The SMILES string of the molecule is O=[N+]([O-])c1cccc(S(=O)(=O)NCCc2cocn2)c1. The summed E-state index contributed by atoms with van der Waals surface area (Å²) in [5.74, 6) is 0. The number of hydrogen-bond donors (Lipinski definition) is 1. The summed E-state index contributed by atoms with van der Waals surface area (Å²) in [5, 5.41) is 10.6. The number of rotatable bonds is 6. The number of nitrogens with zero attached hydrogens (tertiary/aromatic N) is 2. The molecule has 0 saturated heterocycles. The molecule has 1 aromatic carbocycles. The lowest BCUT2D eigenvalue weighted by Gasteiger charge is -2.05. The topological polar surface area (TPSA) is 115 Å². The van der Waals surface area contributed by atoms with E-state index >= 15 is 0 Å². The first-order valence-corrected chi connectivity index (χ1v) is 7.08. The summed E-state index contributed by atoms with van der Waals surface area (Å²) in [5.41, 5.74) is 0.344. The molecular formula is C11H11N3O5S. The van der Waals surface area contributed by atoms with Crippen molar-refractivity contribution in [2.45, 2.75) is 11.3 Å². The van der Waals surface area contributed by atoms with Crippen molar-refractivity contribution in [2.75, 3.05) is 6.54 Å². The van der Waals surface area contributed by atoms with E-state index in [1.54, 1.807) is 0 Å². The van der Waals surface area contributed by atoms with Crippen molar-refractivity contribution in [3.63, 3.8) is 0 Å². The maximum Gasteiger partial charge on any atom is 0.270 e. The normalized spacial score (nSPS) is 11.4. The summed E-state index contributed by atoms with van der Waals surface area (Å²) in [4.78, 5) is 13.7. The molecule has 1 aromatic heterocycles. The molecule has 8 nitrogen and oxygen atoms in total. The zero-order valence-electron chi connectivity index (χ0n) is 10.2. The Morgan fingerprint density at radius 3 is 2.85 bits per heavy atom. The third-order valence-electron chi connectivity index (χ3n) is 2.50. The van der Waals surface area contributed by atoms with Crippen molar-refractivity contribution in [3.05, 3.63) is 52.7 Å². The summed E-state index contributed by atoms with van der Waals surface area (Å²) in [6.45, 7) is 0.123. The first kappa shape index (κ1) is 14.2. The lowest BCUT2D eigenvalue weighted by atomic mass is 10.3. The second-order valence-electron chi connectivity index (χ2n) is 3.88. The van der Waals surface area contributed by atoms with Gasteiger partial charge < -0.3 is 4.42 Å². The van der Waals surface area contributed by atoms with Gasteiger partial charge in [0.1, 0.15) is 6.26 Å². The number of non-ortho nitro benzene ring substituents is 1. The third-order valence-corrected chi connectivity index (χ3v) is 3.95. The van der Waals surface area contributed by atoms with Crippen molar-refractivity contribution in [3.8, 4) is 0 Å². The molecule has 0 radical (unpaired) electrons. The summed E-state index contributed by atoms with van der Waals surface area (Å²) < 4.78 is 31.0. The van der Waals surface area contributed by atoms with Crippen LogP contribution in [0.4, 0.5) is 5.69 Å². The summed E-state index contributed by atoms with van der Waals surface area (Å²) in [6.07, 6.45) is 3.04. The quantitative estimate of drug-likeness (QED) is 0.630. The van der Waals surface area contributed by atoms with Gasteiger partial charge in [0.25, 0.3) is 5.69 Å². The number of sulfonamides is 1. The smallest absolute Gasteiger partial charge is 0.270 e. The maximum atomic E-state index is 12.0. The molecule has 0 unspecified atom stereocenters. The molecule has 2 aromatic rings. The first-order valence-electron chi connectivity index (χ1n) is 5.60. The van der Waals surface area contributed by atoms with Gasteiger partial charge in [-0.1, -0.05) is 6.07 Å². The molecule has 0 fully saturated rings. The van der Waals surface area contributed by atoms with Gasteiger partial charge in [0.05, 0.1) is 15.5 Å². The van der Waals surface area contributed by atoms with Crippen LogP contribution < -0.4 is 4.72 Å². The van der Waals surface area contributed by atoms with E-state index in [9.17, 15) is 18.5 Å². The number of benzene rings is 1. The minimum Gasteiger partial charge on any atom is -0.451 e. The fraction of sp³-hybridized carbons (Fsp3) is 0.182. The van der Waals surface area contributed by atoms with Crippen LogP contribution in [0, 0.1) is 10.1 Å². The van der Waals surface area contributed by atoms with Gasteiger partial charge in [0.15, 0.2) is 6.39 Å². The molecule has 0 spiro atoms. The summed E-state index contributed by atoms with van der Waals surface area (Å²) in [7, 11) is -3.78. The predicted octanol–water partition coefficient (Wildman–Crippen LogP) is 1.10. The van der Waals surface area contributed by atoms with E-state index in [1.165, 1.54) is 30.9 Å². The largest absolute Gasteiger partial charge is 0.451 e. The van der Waals surface area contributed by atoms with Crippen molar-refractivity contribution >= 4 is 15.7 Å². The van der Waals surface area contributed by atoms with Gasteiger partial charge in [0.2, 0.25) is 10.0 Å². The third kappa shape index (κ3) is 3.39. The highest BCUT2D eigenvalue weighted by Crippen LogP contribution is 2.16. The molecule has 0 aliphatic rings. The minimum absolute atomic E-state index is 0.123. The van der Waals surface area contributed by atoms with Gasteiger partial charge in [-0.05, 0) is 6.07 Å². The number of nitrogens with one attached hydrogen (secondary N) is 1. The first-order chi connectivity index (χ1) is 9.49. The molecule has 1 N–H and O–H groups in total. The Labute approximate surface area is 114 Å². The number of aromatic nitrogens is 1. The molecule has 2 rings (SSSR count). The zero-order chi connectivity index (χ0) is 14.6. The monoisotopic (exact) mass is 297 g/mol. The molecular weight excluding hydrogens is 286 g/mol. The Kier molecular flexibility index (Phi) is 4.11. The fourth-order valence-electron chi connectivity index (χ4n) is 1.52. The van der Waals surface area contributed by atoms with Crippen molar-refractivity contribution in [1.82, 2.24) is 9.71 Å². The molecule has 0 atom stereocenters. The van der Waals surface area contributed by atoms with E-state index in [0.29, 0.717) is 12.1 Å². The fourth-order valence-corrected chi connectivity index (χ4v) is 2.59. The van der Waals surface area contributed by atoms with Gasteiger partial charge in [-0.25, -0.2) is 18.1 Å². The number of nitro benzene ring substituents is 1. The Hall–Kier alpha value is -2.26. The maximum absolute atomic E-state index is 12.0. The van der Waals surface area contributed by atoms with Crippen LogP contribution in [0.3, 0.4) is 0 Å². The van der Waals surface area contributed by atoms with Gasteiger partial charge in [-0.2, -0.15) is 0 Å². The van der Waals surface area contributed by atoms with Crippen LogP contribution >= 0.6 is 0 Å². The van der Waals surface area contributed by atoms with Gasteiger partial charge in [-0.15, -0.1) is 0 Å². The molecule has 0 bridgehead atoms. The Balaban J connectivity index is 2.06. The molecule has 1 heterocycles. The lowest BCUT2D eigenvalue weighted by molar-refractivity contribution is -0.385. The average molecular weight is 297 g/mol. The molecule has 0 aliphatic heterocycles. The van der Waals surface area contributed by atoms with Gasteiger partial charge in [-0.3, -0.25) is 10.1 Å². The van der Waals surface area contributed by atoms with E-state index in [2.05, 4.69) is 9.71 Å². The Bertz CT molecular complexity index is 697. The molecule has 0 aliphatic carbocycles. The number of hydrogen-bond acceptors (Lipinski definition) is 6. The second kappa shape index (κ2) is 5.80. The highest BCUT2D eigenvalue weighted by molar-refractivity contribution is 7.89. The van der Waals surface area contributed by atoms with E-state index in [-0.39, 0.29) is 17.1 Å². The van der Waals surface area contributed by atoms with Crippen molar-refractivity contribution in [1.29, 1.82) is 0 Å². The highest BCUT2D eigenvalue weighted by Gasteiger charge is 2.17. The van der Waals surface area contributed by atoms with Crippen LogP contribution in [-0.2, 0) is 16.4 Å². The van der Waals surface area contributed by atoms with Crippen LogP contribution in [0.2, 0.25) is 0 Å². The standard InChI is InChI=1S/C11H11N3O5S/c15-14(16)10-2-1-3-11(6-10)20(17,18)13-5-4-9-7-19-8-12-9/h1-3,6-8,13H,4-5H2. The van der Waals surface area contributed by atoms with E-state index in [1.807, 2.05) is 0 Å². The highest BCUT2D eigenvalue weighted by atomic mass is 32.2. The molecule has 9 heteroatoms. The number of oxazole rings is 1. The minimum atomic E-state index is -3.78. The molecule has 106 valence electrons. The zero-order valence-corrected chi connectivity index (χ0v) is 11.0. The molecule has 0 amide bonds. The van der Waals surface area contributed by atoms with Crippen LogP contribution in [-0.4, -0.2) is 24.9 Å². The molecule has 0 saturated carbocycles. The van der Waals surface area contributed by atoms with E-state index in [0.717, 1.165) is 6.07 Å². The van der Waals surface area contributed by atoms with Crippen molar-refractivity contribution < 1.29 is 17.8 Å². The second-order valence-corrected chi connectivity index (χ2v) is 5.65. The van der Waals surface area contributed by atoms with Crippen LogP contribution in [0.15, 0.2) is 46.2 Å². The predicted molar refractivity (Wildman–Crippen MR) is 68.5 cm³/mol. The molecule has 20 heavy (non-hydrogen) atoms. The average Bonchev–Trinajstić information content (AvgIpc) is 2.92. The summed E-state index contributed by atoms with van der Waals surface area (Å²) in [6, 6.07) is 4.86. The number of nitro groups is 1. The summed E-state index contributed by atoms with van der Waals surface area (Å²) >= 11 is 0. The van der Waals surface area contributed by atoms with Crippen LogP contribution in [0.5, 0.6) is 0 Å².